The smallest absolute Gasteiger partial charge is 0.257 e. The number of hydrogen-bond acceptors (Lipinski definition) is 1. The Morgan fingerprint density at radius 1 is 1.21 bits per heavy atom. The van der Waals surface area contributed by atoms with E-state index in [1.165, 1.54) is 18.2 Å². The largest absolute Gasteiger partial charge is 0.321 e. The van der Waals surface area contributed by atoms with Gasteiger partial charge in [0, 0.05) is 9.50 Å². The lowest BCUT2D eigenvalue weighted by molar-refractivity contribution is 0.102. The first kappa shape index (κ1) is 14.3. The molecule has 6 heteroatoms. The normalized spacial score (nSPS) is 10.3. The van der Waals surface area contributed by atoms with Crippen LogP contribution in [0.3, 0.4) is 0 Å². The summed E-state index contributed by atoms with van der Waals surface area (Å²) in [5, 5.41) is 2.88. The molecule has 0 radical (unpaired) electrons. The van der Waals surface area contributed by atoms with E-state index in [1.54, 1.807) is 18.2 Å². The summed E-state index contributed by atoms with van der Waals surface area (Å²) in [4.78, 5) is 12.0. The van der Waals surface area contributed by atoms with Crippen molar-refractivity contribution in [1.29, 1.82) is 0 Å². The Bertz CT molecular complexity index is 649. The van der Waals surface area contributed by atoms with Crippen LogP contribution in [0.2, 0.25) is 10.0 Å². The zero-order valence-electron chi connectivity index (χ0n) is 9.38. The van der Waals surface area contributed by atoms with Gasteiger partial charge in [-0.25, -0.2) is 4.39 Å². The summed E-state index contributed by atoms with van der Waals surface area (Å²) in [7, 11) is 0. The summed E-state index contributed by atoms with van der Waals surface area (Å²) in [6.45, 7) is 0. The Kier molecular flexibility index (Phi) is 4.45. The number of halogens is 4. The molecule has 0 aliphatic rings. The Balaban J connectivity index is 2.31. The van der Waals surface area contributed by atoms with Crippen LogP contribution < -0.4 is 5.32 Å². The molecule has 0 saturated heterocycles. The van der Waals surface area contributed by atoms with Gasteiger partial charge < -0.3 is 5.32 Å². The molecule has 0 unspecified atom stereocenters. The average molecular weight is 363 g/mol. The van der Waals surface area contributed by atoms with Crippen molar-refractivity contribution in [2.24, 2.45) is 0 Å². The lowest BCUT2D eigenvalue weighted by atomic mass is 10.2. The molecular weight excluding hydrogens is 356 g/mol. The molecule has 0 saturated carbocycles. The monoisotopic (exact) mass is 361 g/mol. The van der Waals surface area contributed by atoms with Crippen molar-refractivity contribution in [3.05, 3.63) is 62.3 Å². The number of carbonyl (C=O) groups is 1. The third-order valence-corrected chi connectivity index (χ3v) is 3.68. The zero-order valence-corrected chi connectivity index (χ0v) is 12.5. The van der Waals surface area contributed by atoms with Crippen molar-refractivity contribution in [2.75, 3.05) is 5.32 Å². The topological polar surface area (TPSA) is 29.1 Å². The molecule has 2 aromatic carbocycles. The van der Waals surface area contributed by atoms with Crippen molar-refractivity contribution in [1.82, 2.24) is 0 Å². The molecule has 0 heterocycles. The number of amides is 1. The van der Waals surface area contributed by atoms with Gasteiger partial charge in [-0.3, -0.25) is 4.79 Å². The quantitative estimate of drug-likeness (QED) is 0.786. The summed E-state index contributed by atoms with van der Waals surface area (Å²) in [6, 6.07) is 9.01. The first-order valence-corrected chi connectivity index (χ1v) is 6.74. The van der Waals surface area contributed by atoms with E-state index in [2.05, 4.69) is 21.2 Å². The molecule has 0 aliphatic carbocycles. The summed E-state index contributed by atoms with van der Waals surface area (Å²) >= 11 is 14.9. The molecule has 1 N–H and O–H groups in total. The Hall–Kier alpha value is -1.10. The fourth-order valence-electron chi connectivity index (χ4n) is 1.46. The van der Waals surface area contributed by atoms with E-state index in [-0.39, 0.29) is 10.6 Å². The van der Waals surface area contributed by atoms with Crippen LogP contribution in [0.5, 0.6) is 0 Å². The first-order chi connectivity index (χ1) is 8.99. The van der Waals surface area contributed by atoms with Gasteiger partial charge in [-0.1, -0.05) is 29.3 Å². The van der Waals surface area contributed by atoms with Crippen LogP contribution in [0.25, 0.3) is 0 Å². The van der Waals surface area contributed by atoms with E-state index in [0.717, 1.165) is 0 Å². The van der Waals surface area contributed by atoms with Crippen molar-refractivity contribution in [2.45, 2.75) is 0 Å². The molecule has 0 atom stereocenters. The number of hydrogen-bond donors (Lipinski definition) is 1. The average Bonchev–Trinajstić information content (AvgIpc) is 2.37. The highest BCUT2D eigenvalue weighted by Crippen LogP contribution is 2.27. The molecule has 0 fully saturated rings. The fourth-order valence-corrected chi connectivity index (χ4v) is 2.19. The maximum absolute atomic E-state index is 13.3. The summed E-state index contributed by atoms with van der Waals surface area (Å²) in [6.07, 6.45) is 0. The van der Waals surface area contributed by atoms with E-state index in [4.69, 9.17) is 23.2 Å². The highest BCUT2D eigenvalue weighted by molar-refractivity contribution is 9.10. The Morgan fingerprint density at radius 3 is 2.68 bits per heavy atom. The van der Waals surface area contributed by atoms with Gasteiger partial charge in [-0.2, -0.15) is 0 Å². The van der Waals surface area contributed by atoms with Crippen LogP contribution in [-0.2, 0) is 0 Å². The number of nitrogens with one attached hydrogen (secondary N) is 1. The molecule has 2 aromatic rings. The van der Waals surface area contributed by atoms with E-state index in [9.17, 15) is 9.18 Å². The van der Waals surface area contributed by atoms with Gasteiger partial charge >= 0.3 is 0 Å². The third-order valence-electron chi connectivity index (χ3n) is 2.37. The molecule has 19 heavy (non-hydrogen) atoms. The molecule has 0 spiro atoms. The maximum Gasteiger partial charge on any atom is 0.257 e. The van der Waals surface area contributed by atoms with Crippen molar-refractivity contribution in [3.8, 4) is 0 Å². The minimum Gasteiger partial charge on any atom is -0.321 e. The Labute approximate surface area is 127 Å². The Morgan fingerprint density at radius 2 is 1.95 bits per heavy atom. The number of rotatable bonds is 2. The van der Waals surface area contributed by atoms with E-state index >= 15 is 0 Å². The van der Waals surface area contributed by atoms with E-state index < -0.39 is 11.7 Å². The van der Waals surface area contributed by atoms with Crippen molar-refractivity contribution < 1.29 is 9.18 Å². The van der Waals surface area contributed by atoms with Gasteiger partial charge in [0.1, 0.15) is 5.82 Å². The minimum atomic E-state index is -0.639. The summed E-state index contributed by atoms with van der Waals surface area (Å²) in [5.41, 5.74) is 0.548. The SMILES string of the molecule is O=C(Nc1cc(Cl)ccc1Br)c1cccc(F)c1Cl. The van der Waals surface area contributed by atoms with Crippen molar-refractivity contribution in [3.63, 3.8) is 0 Å². The highest BCUT2D eigenvalue weighted by atomic mass is 79.9. The van der Waals surface area contributed by atoms with Gasteiger partial charge in [0.15, 0.2) is 0 Å². The minimum absolute atomic E-state index is 0.0635. The van der Waals surface area contributed by atoms with Crippen LogP contribution in [0.1, 0.15) is 10.4 Å². The third kappa shape index (κ3) is 3.26. The predicted molar refractivity (Wildman–Crippen MR) is 78.5 cm³/mol. The number of benzene rings is 2. The predicted octanol–water partition coefficient (Wildman–Crippen LogP) is 5.15. The van der Waals surface area contributed by atoms with Crippen LogP contribution in [0.15, 0.2) is 40.9 Å². The summed E-state index contributed by atoms with van der Waals surface area (Å²) < 4.78 is 13.9. The molecule has 2 rings (SSSR count). The zero-order chi connectivity index (χ0) is 14.0. The molecule has 98 valence electrons. The van der Waals surface area contributed by atoms with Crippen LogP contribution in [-0.4, -0.2) is 5.91 Å². The second-order valence-electron chi connectivity index (χ2n) is 3.68. The number of carbonyl (C=O) groups excluding carboxylic acids is 1. The molecule has 1 amide bonds. The van der Waals surface area contributed by atoms with E-state index in [0.29, 0.717) is 15.2 Å². The standard InChI is InChI=1S/C13H7BrCl2FNO/c14-9-5-4-7(15)6-11(9)18-13(19)8-2-1-3-10(17)12(8)16/h1-6H,(H,18,19). The van der Waals surface area contributed by atoms with Gasteiger partial charge in [-0.05, 0) is 46.3 Å². The van der Waals surface area contributed by atoms with Crippen LogP contribution >= 0.6 is 39.1 Å². The van der Waals surface area contributed by atoms with Crippen LogP contribution in [0.4, 0.5) is 10.1 Å². The van der Waals surface area contributed by atoms with Gasteiger partial charge in [0.05, 0.1) is 16.3 Å². The van der Waals surface area contributed by atoms with Gasteiger partial charge in [0.2, 0.25) is 0 Å². The molecule has 0 bridgehead atoms. The molecule has 0 aliphatic heterocycles. The highest BCUT2D eigenvalue weighted by Gasteiger charge is 2.14. The van der Waals surface area contributed by atoms with Crippen LogP contribution in [0, 0.1) is 5.82 Å². The van der Waals surface area contributed by atoms with Crippen molar-refractivity contribution >= 4 is 50.7 Å². The lowest BCUT2D eigenvalue weighted by Crippen LogP contribution is -2.13. The number of anilines is 1. The molecule has 0 aromatic heterocycles. The van der Waals surface area contributed by atoms with Gasteiger partial charge in [-0.15, -0.1) is 0 Å². The lowest BCUT2D eigenvalue weighted by Gasteiger charge is -2.09. The maximum atomic E-state index is 13.3. The summed E-state index contributed by atoms with van der Waals surface area (Å²) in [5.74, 6) is -1.15. The molecular formula is C13H7BrCl2FNO. The van der Waals surface area contributed by atoms with Gasteiger partial charge in [0.25, 0.3) is 5.91 Å². The molecule has 2 nitrogen and oxygen atoms in total. The second-order valence-corrected chi connectivity index (χ2v) is 5.35. The fraction of sp³-hybridized carbons (Fsp3) is 0. The first-order valence-electron chi connectivity index (χ1n) is 5.19. The second kappa shape index (κ2) is 5.90. The van der Waals surface area contributed by atoms with E-state index in [1.807, 2.05) is 0 Å².